The van der Waals surface area contributed by atoms with E-state index in [1.807, 2.05) is 66.0 Å². The van der Waals surface area contributed by atoms with Crippen molar-refractivity contribution in [3.8, 4) is 16.9 Å². The van der Waals surface area contributed by atoms with Crippen LogP contribution in [0.1, 0.15) is 0 Å². The molecule has 0 aliphatic heterocycles. The fourth-order valence-corrected chi connectivity index (χ4v) is 4.45. The number of hydrogen-bond donors (Lipinski definition) is 1. The van der Waals surface area contributed by atoms with E-state index in [2.05, 4.69) is 4.98 Å². The lowest BCUT2D eigenvalue weighted by atomic mass is 10.1. The maximum atomic E-state index is 12.8. The molecule has 0 bridgehead atoms. The molecule has 5 nitrogen and oxygen atoms in total. The van der Waals surface area contributed by atoms with Crippen LogP contribution in [0, 0.1) is 0 Å². The van der Waals surface area contributed by atoms with E-state index in [-0.39, 0.29) is 5.56 Å². The molecule has 0 unspecified atom stereocenters. The molecule has 27 heavy (non-hydrogen) atoms. The third kappa shape index (κ3) is 3.70. The van der Waals surface area contributed by atoms with Gasteiger partial charge in [0.25, 0.3) is 5.56 Å². The number of nitrogens with zero attached hydrogens (tertiary/aromatic N) is 2. The molecule has 0 aliphatic carbocycles. The Bertz CT molecular complexity index is 1110. The summed E-state index contributed by atoms with van der Waals surface area (Å²) in [6, 6.07) is 19.4. The molecular weight excluding hydrogens is 378 g/mol. The van der Waals surface area contributed by atoms with Crippen molar-refractivity contribution in [2.24, 2.45) is 0 Å². The summed E-state index contributed by atoms with van der Waals surface area (Å²) in [6.45, 7) is 0.502. The monoisotopic (exact) mass is 395 g/mol. The predicted octanol–water partition coefficient (Wildman–Crippen LogP) is 4.01. The Hall–Kier alpha value is -2.77. The highest BCUT2D eigenvalue weighted by molar-refractivity contribution is 7.99. The van der Waals surface area contributed by atoms with Crippen LogP contribution in [0.25, 0.3) is 21.3 Å². The van der Waals surface area contributed by atoms with Gasteiger partial charge in [-0.1, -0.05) is 60.3 Å². The largest absolute Gasteiger partial charge is 0.493 e. The molecule has 0 amide bonds. The number of rotatable bonds is 6. The minimum atomic E-state index is -0.230. The summed E-state index contributed by atoms with van der Waals surface area (Å²) in [5.74, 6) is 7.49. The summed E-state index contributed by atoms with van der Waals surface area (Å²) < 4.78 is 6.81. The molecule has 0 spiro atoms. The number of nitrogen functional groups attached to an aromatic ring is 1. The van der Waals surface area contributed by atoms with Crippen LogP contribution < -0.4 is 16.1 Å². The Morgan fingerprint density at radius 1 is 1.07 bits per heavy atom. The quantitative estimate of drug-likeness (QED) is 0.231. The number of fused-ring (bicyclic) bond motifs is 1. The lowest BCUT2D eigenvalue weighted by Crippen LogP contribution is -2.29. The zero-order chi connectivity index (χ0) is 18.6. The summed E-state index contributed by atoms with van der Waals surface area (Å²) in [5.41, 5.74) is 1.63. The summed E-state index contributed by atoms with van der Waals surface area (Å²) in [6.07, 6.45) is 0. The zero-order valence-electron chi connectivity index (χ0n) is 14.4. The van der Waals surface area contributed by atoms with Crippen LogP contribution in [0.4, 0.5) is 0 Å². The fourth-order valence-electron chi connectivity index (χ4n) is 2.73. The van der Waals surface area contributed by atoms with Gasteiger partial charge in [-0.15, -0.1) is 11.3 Å². The molecule has 4 aromatic rings. The molecule has 136 valence electrons. The van der Waals surface area contributed by atoms with Crippen LogP contribution >= 0.6 is 23.1 Å². The first kappa shape index (κ1) is 17.6. The normalized spacial score (nSPS) is 11.0. The molecular formula is C20H17N3O2S2. The molecule has 0 aliphatic rings. The number of aromatic nitrogens is 2. The van der Waals surface area contributed by atoms with E-state index in [1.165, 1.54) is 23.1 Å². The number of benzene rings is 2. The van der Waals surface area contributed by atoms with Crippen molar-refractivity contribution in [3.05, 3.63) is 76.4 Å². The molecule has 4 rings (SSSR count). The second-order valence-corrected chi connectivity index (χ2v) is 7.70. The Morgan fingerprint density at radius 3 is 2.52 bits per heavy atom. The Morgan fingerprint density at radius 2 is 1.78 bits per heavy atom. The van der Waals surface area contributed by atoms with Crippen molar-refractivity contribution in [1.29, 1.82) is 0 Å². The number of ether oxygens (including phenoxy) is 1. The third-order valence-corrected chi connectivity index (χ3v) is 5.81. The molecule has 0 saturated heterocycles. The highest BCUT2D eigenvalue weighted by atomic mass is 32.2. The van der Waals surface area contributed by atoms with Crippen LogP contribution in [0.3, 0.4) is 0 Å². The maximum Gasteiger partial charge on any atom is 0.282 e. The van der Waals surface area contributed by atoms with Crippen molar-refractivity contribution < 1.29 is 4.74 Å². The van der Waals surface area contributed by atoms with E-state index >= 15 is 0 Å². The van der Waals surface area contributed by atoms with E-state index < -0.39 is 0 Å². The van der Waals surface area contributed by atoms with Crippen LogP contribution in [-0.4, -0.2) is 22.0 Å². The summed E-state index contributed by atoms with van der Waals surface area (Å²) in [4.78, 5) is 18.1. The first-order valence-electron chi connectivity index (χ1n) is 8.39. The molecule has 2 aromatic heterocycles. The summed E-state index contributed by atoms with van der Waals surface area (Å²) in [5, 5.41) is 3.02. The fraction of sp³-hybridized carbons (Fsp3) is 0.100. The molecule has 7 heteroatoms. The molecule has 2 N–H and O–H groups in total. The van der Waals surface area contributed by atoms with Gasteiger partial charge in [-0.25, -0.2) is 9.66 Å². The minimum Gasteiger partial charge on any atom is -0.493 e. The molecule has 2 heterocycles. The van der Waals surface area contributed by atoms with E-state index in [4.69, 9.17) is 10.6 Å². The number of thioether (sulfide) groups is 1. The maximum absolute atomic E-state index is 12.8. The van der Waals surface area contributed by atoms with Gasteiger partial charge in [-0.2, -0.15) is 0 Å². The number of thiophene rings is 1. The van der Waals surface area contributed by atoms with Gasteiger partial charge in [-0.3, -0.25) is 4.79 Å². The van der Waals surface area contributed by atoms with Gasteiger partial charge in [0.05, 0.1) is 12.0 Å². The van der Waals surface area contributed by atoms with Crippen molar-refractivity contribution in [2.45, 2.75) is 5.16 Å². The molecule has 2 aromatic carbocycles. The number of para-hydroxylation sites is 1. The van der Waals surface area contributed by atoms with Gasteiger partial charge in [-0.05, 0) is 17.7 Å². The van der Waals surface area contributed by atoms with Gasteiger partial charge in [0.15, 0.2) is 5.16 Å². The Balaban J connectivity index is 1.55. The second kappa shape index (κ2) is 7.85. The molecule has 0 fully saturated rings. The highest BCUT2D eigenvalue weighted by Crippen LogP contribution is 2.31. The number of hydrogen-bond acceptors (Lipinski definition) is 6. The van der Waals surface area contributed by atoms with Gasteiger partial charge < -0.3 is 10.6 Å². The van der Waals surface area contributed by atoms with E-state index in [0.717, 1.165) is 21.6 Å². The minimum absolute atomic E-state index is 0.230. The zero-order valence-corrected chi connectivity index (χ0v) is 16.0. The number of nitrogens with two attached hydrogens (primary N) is 1. The Labute approximate surface area is 164 Å². The first-order valence-corrected chi connectivity index (χ1v) is 10.3. The van der Waals surface area contributed by atoms with Crippen molar-refractivity contribution >= 4 is 33.3 Å². The van der Waals surface area contributed by atoms with Crippen molar-refractivity contribution in [1.82, 2.24) is 9.66 Å². The Kier molecular flexibility index (Phi) is 5.13. The SMILES string of the molecule is Nn1c(SCCOc2ccccc2)nc2scc(-c3ccccc3)c2c1=O. The average molecular weight is 396 g/mol. The standard InChI is InChI=1S/C20H17N3O2S2/c21-23-19(24)17-16(14-7-3-1-4-8-14)13-27-18(17)22-20(23)26-12-11-25-15-9-5-2-6-10-15/h1-10,13H,11-12,21H2. The topological polar surface area (TPSA) is 70.1 Å². The van der Waals surface area contributed by atoms with Crippen molar-refractivity contribution in [3.63, 3.8) is 0 Å². The lowest BCUT2D eigenvalue weighted by Gasteiger charge is -2.08. The van der Waals surface area contributed by atoms with Crippen LogP contribution in [-0.2, 0) is 0 Å². The third-order valence-electron chi connectivity index (χ3n) is 4.02. The first-order chi connectivity index (χ1) is 13.2. The average Bonchev–Trinajstić information content (AvgIpc) is 3.14. The van der Waals surface area contributed by atoms with E-state index in [1.54, 1.807) is 0 Å². The van der Waals surface area contributed by atoms with Crippen LogP contribution in [0.2, 0.25) is 0 Å². The predicted molar refractivity (Wildman–Crippen MR) is 112 cm³/mol. The van der Waals surface area contributed by atoms with Gasteiger partial charge in [0.2, 0.25) is 0 Å². The van der Waals surface area contributed by atoms with E-state index in [9.17, 15) is 4.79 Å². The highest BCUT2D eigenvalue weighted by Gasteiger charge is 2.16. The smallest absolute Gasteiger partial charge is 0.282 e. The van der Waals surface area contributed by atoms with Gasteiger partial charge >= 0.3 is 0 Å². The van der Waals surface area contributed by atoms with E-state index in [0.29, 0.717) is 27.7 Å². The van der Waals surface area contributed by atoms with Crippen molar-refractivity contribution in [2.75, 3.05) is 18.2 Å². The van der Waals surface area contributed by atoms with Crippen LogP contribution in [0.5, 0.6) is 5.75 Å². The van der Waals surface area contributed by atoms with Crippen LogP contribution in [0.15, 0.2) is 76.0 Å². The molecule has 0 radical (unpaired) electrons. The van der Waals surface area contributed by atoms with Gasteiger partial charge in [0, 0.05) is 16.7 Å². The summed E-state index contributed by atoms with van der Waals surface area (Å²) >= 11 is 2.87. The van der Waals surface area contributed by atoms with Gasteiger partial charge in [0.1, 0.15) is 10.6 Å². The summed E-state index contributed by atoms with van der Waals surface area (Å²) in [7, 11) is 0. The second-order valence-electron chi connectivity index (χ2n) is 5.78. The lowest BCUT2D eigenvalue weighted by molar-refractivity contribution is 0.344. The molecule has 0 saturated carbocycles. The molecule has 0 atom stereocenters.